The number of aromatic nitrogens is 1. The topological polar surface area (TPSA) is 86.3 Å². The van der Waals surface area contributed by atoms with Gasteiger partial charge in [-0.2, -0.15) is 0 Å². The molecule has 6 nitrogen and oxygen atoms in total. The second kappa shape index (κ2) is 6.08. The summed E-state index contributed by atoms with van der Waals surface area (Å²) in [4.78, 5) is 0.282. The number of nitrogens with zero attached hydrogens (tertiary/aromatic N) is 1. The van der Waals surface area contributed by atoms with Crippen molar-refractivity contribution in [2.75, 3.05) is 13.2 Å². The maximum absolute atomic E-state index is 12.6. The molecule has 1 aromatic heterocycles. The Bertz CT molecular complexity index is 587. The van der Waals surface area contributed by atoms with Crippen molar-refractivity contribution in [1.82, 2.24) is 9.29 Å². The molecule has 21 heavy (non-hydrogen) atoms. The highest BCUT2D eigenvalue weighted by molar-refractivity contribution is 7.89. The van der Waals surface area contributed by atoms with Gasteiger partial charge in [-0.3, -0.25) is 0 Å². The largest absolute Gasteiger partial charge is 0.381 e. The normalized spacial score (nSPS) is 19.1. The molecule has 0 aromatic carbocycles. The molecule has 1 aliphatic rings. The van der Waals surface area contributed by atoms with Gasteiger partial charge in [-0.05, 0) is 39.7 Å². The monoisotopic (exact) mass is 315 g/mol. The molecular formula is C14H25N3O3S. The molecule has 1 saturated heterocycles. The third-order valence-electron chi connectivity index (χ3n) is 3.96. The van der Waals surface area contributed by atoms with Gasteiger partial charge in [0.1, 0.15) is 0 Å². The summed E-state index contributed by atoms with van der Waals surface area (Å²) in [5.41, 5.74) is 6.08. The molecule has 0 saturated carbocycles. The van der Waals surface area contributed by atoms with Crippen LogP contribution in [0.3, 0.4) is 0 Å². The molecule has 0 aliphatic carbocycles. The van der Waals surface area contributed by atoms with Crippen molar-refractivity contribution in [2.45, 2.75) is 56.6 Å². The van der Waals surface area contributed by atoms with E-state index in [1.807, 2.05) is 25.3 Å². The van der Waals surface area contributed by atoms with Gasteiger partial charge in [-0.15, -0.1) is 0 Å². The highest BCUT2D eigenvalue weighted by atomic mass is 32.2. The zero-order chi connectivity index (χ0) is 15.7. The van der Waals surface area contributed by atoms with E-state index in [1.54, 1.807) is 12.3 Å². The van der Waals surface area contributed by atoms with Crippen LogP contribution < -0.4 is 10.5 Å². The first-order valence-electron chi connectivity index (χ1n) is 7.30. The summed E-state index contributed by atoms with van der Waals surface area (Å²) in [5.74, 6) is 0. The van der Waals surface area contributed by atoms with Crippen LogP contribution in [0.5, 0.6) is 0 Å². The average Bonchev–Trinajstić information content (AvgIpc) is 2.83. The first kappa shape index (κ1) is 16.5. The Morgan fingerprint density at radius 2 is 2.05 bits per heavy atom. The standard InChI is InChI=1S/C14H25N3O3S/c1-11(2)17-10-13(8-12(17)9-15)21(18,19)16-14(3)4-6-20-7-5-14/h8,10-11,16H,4-7,9,15H2,1-3H3. The third kappa shape index (κ3) is 3.66. The van der Waals surface area contributed by atoms with Crippen LogP contribution in [-0.4, -0.2) is 31.7 Å². The van der Waals surface area contributed by atoms with Crippen molar-refractivity contribution in [1.29, 1.82) is 0 Å². The van der Waals surface area contributed by atoms with Crippen molar-refractivity contribution in [2.24, 2.45) is 5.73 Å². The van der Waals surface area contributed by atoms with Gasteiger partial charge in [0.05, 0.1) is 4.90 Å². The minimum atomic E-state index is -3.55. The van der Waals surface area contributed by atoms with Crippen molar-refractivity contribution in [3.05, 3.63) is 18.0 Å². The molecule has 0 radical (unpaired) electrons. The zero-order valence-electron chi connectivity index (χ0n) is 12.9. The Kier molecular flexibility index (Phi) is 4.77. The molecule has 1 aromatic rings. The molecule has 0 spiro atoms. The van der Waals surface area contributed by atoms with Crippen molar-refractivity contribution in [3.63, 3.8) is 0 Å². The van der Waals surface area contributed by atoms with Gasteiger partial charge in [0, 0.05) is 43.2 Å². The Balaban J connectivity index is 2.27. The third-order valence-corrected chi connectivity index (χ3v) is 5.57. The van der Waals surface area contributed by atoms with Crippen LogP contribution >= 0.6 is 0 Å². The minimum absolute atomic E-state index is 0.172. The lowest BCUT2D eigenvalue weighted by atomic mass is 9.94. The molecule has 120 valence electrons. The molecule has 2 rings (SSSR count). The van der Waals surface area contributed by atoms with Gasteiger partial charge in [-0.25, -0.2) is 13.1 Å². The van der Waals surface area contributed by atoms with E-state index >= 15 is 0 Å². The van der Waals surface area contributed by atoms with E-state index in [2.05, 4.69) is 4.72 Å². The Morgan fingerprint density at radius 3 is 2.52 bits per heavy atom. The number of nitrogens with one attached hydrogen (secondary N) is 1. The first-order valence-corrected chi connectivity index (χ1v) is 8.78. The second-order valence-electron chi connectivity index (χ2n) is 6.15. The smallest absolute Gasteiger partial charge is 0.242 e. The molecule has 0 unspecified atom stereocenters. The fourth-order valence-electron chi connectivity index (χ4n) is 2.60. The molecular weight excluding hydrogens is 290 g/mol. The van der Waals surface area contributed by atoms with E-state index < -0.39 is 15.6 Å². The number of nitrogens with two attached hydrogens (primary N) is 1. The molecule has 1 fully saturated rings. The lowest BCUT2D eigenvalue weighted by Crippen LogP contribution is -2.49. The van der Waals surface area contributed by atoms with Crippen molar-refractivity contribution >= 4 is 10.0 Å². The number of sulfonamides is 1. The lowest BCUT2D eigenvalue weighted by Gasteiger charge is -2.33. The summed E-state index contributed by atoms with van der Waals surface area (Å²) in [6.45, 7) is 7.42. The maximum atomic E-state index is 12.6. The molecule has 7 heteroatoms. The Labute approximate surface area is 126 Å². The SMILES string of the molecule is CC(C)n1cc(S(=O)(=O)NC2(C)CCOCC2)cc1CN. The molecule has 3 N–H and O–H groups in total. The molecule has 0 atom stereocenters. The molecule has 0 amide bonds. The Hall–Kier alpha value is -0.890. The minimum Gasteiger partial charge on any atom is -0.381 e. The average molecular weight is 315 g/mol. The van der Waals surface area contributed by atoms with Gasteiger partial charge in [0.2, 0.25) is 10.0 Å². The van der Waals surface area contributed by atoms with Crippen molar-refractivity contribution < 1.29 is 13.2 Å². The number of rotatable bonds is 5. The van der Waals surface area contributed by atoms with E-state index in [1.165, 1.54) is 0 Å². The van der Waals surface area contributed by atoms with E-state index in [9.17, 15) is 8.42 Å². The van der Waals surface area contributed by atoms with Gasteiger partial charge in [-0.1, -0.05) is 0 Å². The number of ether oxygens (including phenoxy) is 1. The summed E-state index contributed by atoms with van der Waals surface area (Å²) in [5, 5.41) is 0. The van der Waals surface area contributed by atoms with Crippen LogP contribution in [0.4, 0.5) is 0 Å². The Morgan fingerprint density at radius 1 is 1.43 bits per heavy atom. The molecule has 0 bridgehead atoms. The predicted octanol–water partition coefficient (Wildman–Crippen LogP) is 1.38. The number of hydrogen-bond donors (Lipinski definition) is 2. The van der Waals surface area contributed by atoms with Crippen LogP contribution in [0.15, 0.2) is 17.2 Å². The van der Waals surface area contributed by atoms with E-state index in [0.717, 1.165) is 5.69 Å². The highest BCUT2D eigenvalue weighted by Crippen LogP contribution is 2.24. The van der Waals surface area contributed by atoms with Crippen molar-refractivity contribution in [3.8, 4) is 0 Å². The molecule has 1 aliphatic heterocycles. The summed E-state index contributed by atoms with van der Waals surface area (Å²) in [7, 11) is -3.55. The molecule has 2 heterocycles. The second-order valence-corrected chi connectivity index (χ2v) is 7.83. The summed E-state index contributed by atoms with van der Waals surface area (Å²) in [6.07, 6.45) is 3.03. The van der Waals surface area contributed by atoms with Gasteiger partial charge >= 0.3 is 0 Å². The zero-order valence-corrected chi connectivity index (χ0v) is 13.7. The van der Waals surface area contributed by atoms with E-state index in [0.29, 0.717) is 32.6 Å². The van der Waals surface area contributed by atoms with Crippen LogP contribution in [0.2, 0.25) is 0 Å². The van der Waals surface area contributed by atoms with Gasteiger partial charge in [0.15, 0.2) is 0 Å². The quantitative estimate of drug-likeness (QED) is 0.859. The van der Waals surface area contributed by atoms with Crippen LogP contribution in [-0.2, 0) is 21.3 Å². The van der Waals surface area contributed by atoms with Crippen LogP contribution in [0, 0.1) is 0 Å². The summed E-state index contributed by atoms with van der Waals surface area (Å²) >= 11 is 0. The fourth-order valence-corrected chi connectivity index (χ4v) is 4.11. The predicted molar refractivity (Wildman–Crippen MR) is 81.5 cm³/mol. The summed E-state index contributed by atoms with van der Waals surface area (Å²) in [6, 6.07) is 1.83. The fraction of sp³-hybridized carbons (Fsp3) is 0.714. The maximum Gasteiger partial charge on any atom is 0.242 e. The highest BCUT2D eigenvalue weighted by Gasteiger charge is 2.33. The van der Waals surface area contributed by atoms with Gasteiger partial charge in [0.25, 0.3) is 0 Å². The van der Waals surface area contributed by atoms with Crippen LogP contribution in [0.1, 0.15) is 45.3 Å². The summed E-state index contributed by atoms with van der Waals surface area (Å²) < 4.78 is 35.2. The first-order chi connectivity index (χ1) is 9.77. The van der Waals surface area contributed by atoms with E-state index in [4.69, 9.17) is 10.5 Å². The number of hydrogen-bond acceptors (Lipinski definition) is 4. The van der Waals surface area contributed by atoms with Crippen LogP contribution in [0.25, 0.3) is 0 Å². The lowest BCUT2D eigenvalue weighted by molar-refractivity contribution is 0.0537. The van der Waals surface area contributed by atoms with E-state index in [-0.39, 0.29) is 10.9 Å². The van der Waals surface area contributed by atoms with Gasteiger partial charge < -0.3 is 15.0 Å².